The number of carbonyl (C=O) groups excluding carboxylic acids is 2. The zero-order valence-electron chi connectivity index (χ0n) is 14.2. The molecule has 0 bridgehead atoms. The van der Waals surface area contributed by atoms with E-state index < -0.39 is 0 Å². The number of rotatable bonds is 5. The van der Waals surface area contributed by atoms with Crippen LogP contribution in [0.25, 0.3) is 0 Å². The molecule has 2 atom stereocenters. The van der Waals surface area contributed by atoms with E-state index in [0.29, 0.717) is 11.5 Å². The van der Waals surface area contributed by atoms with Crippen molar-refractivity contribution in [1.82, 2.24) is 15.6 Å². The highest BCUT2D eigenvalue weighted by Gasteiger charge is 2.34. The minimum atomic E-state index is -0.116. The Kier molecular flexibility index (Phi) is 5.83. The first-order valence-electron chi connectivity index (χ1n) is 9.22. The summed E-state index contributed by atoms with van der Waals surface area (Å²) in [5.74, 6) is 0.529. The standard InChI is InChI=1S/C19H27N3O2/c23-18(15-9-11-20-12-10-15)22-17-8-4-7-16(17)19(24)21-13-14-5-2-1-3-6-14/h9-12,14,16-17H,1-8,13H2,(H,21,24)(H,22,23)/t16-,17+/m0/s1. The summed E-state index contributed by atoms with van der Waals surface area (Å²) in [6.07, 6.45) is 12.3. The first kappa shape index (κ1) is 16.9. The van der Waals surface area contributed by atoms with Gasteiger partial charge in [0, 0.05) is 30.5 Å². The number of amides is 2. The van der Waals surface area contributed by atoms with Crippen molar-refractivity contribution < 1.29 is 9.59 Å². The van der Waals surface area contributed by atoms with Crippen LogP contribution in [-0.2, 0) is 4.79 Å². The second-order valence-electron chi connectivity index (χ2n) is 7.10. The first-order chi connectivity index (χ1) is 11.7. The Balaban J connectivity index is 1.50. The van der Waals surface area contributed by atoms with Crippen molar-refractivity contribution in [1.29, 1.82) is 0 Å². The molecule has 5 nitrogen and oxygen atoms in total. The molecular formula is C19H27N3O2. The number of pyridine rings is 1. The smallest absolute Gasteiger partial charge is 0.251 e. The molecule has 0 aliphatic heterocycles. The van der Waals surface area contributed by atoms with Gasteiger partial charge in [-0.1, -0.05) is 25.7 Å². The van der Waals surface area contributed by atoms with Gasteiger partial charge in [-0.2, -0.15) is 0 Å². The van der Waals surface area contributed by atoms with E-state index in [1.807, 2.05) is 0 Å². The lowest BCUT2D eigenvalue weighted by atomic mass is 9.89. The Hall–Kier alpha value is -1.91. The van der Waals surface area contributed by atoms with E-state index in [2.05, 4.69) is 15.6 Å². The average molecular weight is 329 g/mol. The van der Waals surface area contributed by atoms with Crippen LogP contribution >= 0.6 is 0 Å². The molecule has 1 aromatic rings. The van der Waals surface area contributed by atoms with E-state index in [9.17, 15) is 9.59 Å². The maximum Gasteiger partial charge on any atom is 0.251 e. The Morgan fingerprint density at radius 2 is 1.75 bits per heavy atom. The normalized spacial score (nSPS) is 24.5. The molecule has 2 fully saturated rings. The average Bonchev–Trinajstić information content (AvgIpc) is 3.09. The fourth-order valence-electron chi connectivity index (χ4n) is 3.97. The van der Waals surface area contributed by atoms with Crippen molar-refractivity contribution in [3.8, 4) is 0 Å². The van der Waals surface area contributed by atoms with Crippen molar-refractivity contribution in [3.05, 3.63) is 30.1 Å². The number of nitrogens with one attached hydrogen (secondary N) is 2. The third-order valence-corrected chi connectivity index (χ3v) is 5.40. The van der Waals surface area contributed by atoms with Crippen LogP contribution in [0.5, 0.6) is 0 Å². The Bertz CT molecular complexity index is 555. The molecule has 0 spiro atoms. The van der Waals surface area contributed by atoms with Crippen LogP contribution in [0.2, 0.25) is 0 Å². The molecular weight excluding hydrogens is 302 g/mol. The lowest BCUT2D eigenvalue weighted by Crippen LogP contribution is -2.45. The Labute approximate surface area is 143 Å². The molecule has 2 saturated carbocycles. The van der Waals surface area contributed by atoms with E-state index in [1.54, 1.807) is 24.5 Å². The molecule has 24 heavy (non-hydrogen) atoms. The van der Waals surface area contributed by atoms with Gasteiger partial charge in [-0.3, -0.25) is 14.6 Å². The molecule has 1 aromatic heterocycles. The Morgan fingerprint density at radius 1 is 1.00 bits per heavy atom. The summed E-state index contributed by atoms with van der Waals surface area (Å²) in [6, 6.07) is 3.34. The molecule has 2 aliphatic carbocycles. The fraction of sp³-hybridized carbons (Fsp3) is 0.632. The minimum Gasteiger partial charge on any atom is -0.356 e. The van der Waals surface area contributed by atoms with E-state index in [1.165, 1.54) is 32.1 Å². The summed E-state index contributed by atoms with van der Waals surface area (Å²) < 4.78 is 0. The van der Waals surface area contributed by atoms with Crippen LogP contribution in [0, 0.1) is 11.8 Å². The monoisotopic (exact) mass is 329 g/mol. The third-order valence-electron chi connectivity index (χ3n) is 5.40. The topological polar surface area (TPSA) is 71.1 Å². The van der Waals surface area contributed by atoms with E-state index in [-0.39, 0.29) is 23.8 Å². The van der Waals surface area contributed by atoms with Gasteiger partial charge in [-0.15, -0.1) is 0 Å². The summed E-state index contributed by atoms with van der Waals surface area (Å²) >= 11 is 0. The Morgan fingerprint density at radius 3 is 2.50 bits per heavy atom. The molecule has 3 rings (SSSR count). The van der Waals surface area contributed by atoms with Crippen LogP contribution in [0.15, 0.2) is 24.5 Å². The summed E-state index contributed by atoms with van der Waals surface area (Å²) in [6.45, 7) is 0.792. The number of aromatic nitrogens is 1. The molecule has 5 heteroatoms. The predicted octanol–water partition coefficient (Wildman–Crippen LogP) is 2.68. The predicted molar refractivity (Wildman–Crippen MR) is 92.4 cm³/mol. The van der Waals surface area contributed by atoms with Crippen molar-refractivity contribution in [2.45, 2.75) is 57.4 Å². The highest BCUT2D eigenvalue weighted by Crippen LogP contribution is 2.27. The van der Waals surface area contributed by atoms with E-state index in [4.69, 9.17) is 0 Å². The van der Waals surface area contributed by atoms with Gasteiger partial charge in [0.2, 0.25) is 5.91 Å². The number of hydrogen-bond acceptors (Lipinski definition) is 3. The molecule has 0 saturated heterocycles. The van der Waals surface area contributed by atoms with E-state index >= 15 is 0 Å². The minimum absolute atomic E-state index is 0.0583. The summed E-state index contributed by atoms with van der Waals surface area (Å²) in [4.78, 5) is 28.8. The summed E-state index contributed by atoms with van der Waals surface area (Å²) in [7, 11) is 0. The summed E-state index contributed by atoms with van der Waals surface area (Å²) in [5.41, 5.74) is 0.596. The molecule has 2 N–H and O–H groups in total. The molecule has 0 unspecified atom stereocenters. The van der Waals surface area contributed by atoms with Gasteiger partial charge in [0.1, 0.15) is 0 Å². The quantitative estimate of drug-likeness (QED) is 0.872. The van der Waals surface area contributed by atoms with Crippen LogP contribution in [0.3, 0.4) is 0 Å². The highest BCUT2D eigenvalue weighted by molar-refractivity contribution is 5.94. The van der Waals surface area contributed by atoms with Crippen LogP contribution in [0.1, 0.15) is 61.7 Å². The van der Waals surface area contributed by atoms with Crippen LogP contribution in [0.4, 0.5) is 0 Å². The summed E-state index contributed by atoms with van der Waals surface area (Å²) in [5, 5.41) is 6.17. The van der Waals surface area contributed by atoms with Gasteiger partial charge in [-0.05, 0) is 43.7 Å². The number of hydrogen-bond donors (Lipinski definition) is 2. The van der Waals surface area contributed by atoms with Gasteiger partial charge in [-0.25, -0.2) is 0 Å². The van der Waals surface area contributed by atoms with Gasteiger partial charge in [0.05, 0.1) is 5.92 Å². The number of nitrogens with zero attached hydrogens (tertiary/aromatic N) is 1. The maximum absolute atomic E-state index is 12.5. The number of carbonyl (C=O) groups is 2. The molecule has 0 radical (unpaired) electrons. The fourth-order valence-corrected chi connectivity index (χ4v) is 3.97. The van der Waals surface area contributed by atoms with Gasteiger partial charge in [0.15, 0.2) is 0 Å². The molecule has 0 aromatic carbocycles. The lowest BCUT2D eigenvalue weighted by Gasteiger charge is -2.24. The zero-order chi connectivity index (χ0) is 16.8. The van der Waals surface area contributed by atoms with Crippen LogP contribution in [-0.4, -0.2) is 29.4 Å². The van der Waals surface area contributed by atoms with Crippen molar-refractivity contribution >= 4 is 11.8 Å². The van der Waals surface area contributed by atoms with Crippen molar-refractivity contribution in [3.63, 3.8) is 0 Å². The second kappa shape index (κ2) is 8.27. The van der Waals surface area contributed by atoms with Crippen LogP contribution < -0.4 is 10.6 Å². The van der Waals surface area contributed by atoms with Gasteiger partial charge >= 0.3 is 0 Å². The SMILES string of the molecule is O=C(N[C@@H]1CCC[C@@H]1C(=O)NCC1CCCCC1)c1ccncc1. The maximum atomic E-state index is 12.5. The highest BCUT2D eigenvalue weighted by atomic mass is 16.2. The van der Waals surface area contributed by atoms with Crippen molar-refractivity contribution in [2.75, 3.05) is 6.54 Å². The van der Waals surface area contributed by atoms with Crippen molar-refractivity contribution in [2.24, 2.45) is 11.8 Å². The second-order valence-corrected chi connectivity index (χ2v) is 7.10. The van der Waals surface area contributed by atoms with E-state index in [0.717, 1.165) is 25.8 Å². The molecule has 130 valence electrons. The molecule has 2 aliphatic rings. The largest absolute Gasteiger partial charge is 0.356 e. The lowest BCUT2D eigenvalue weighted by molar-refractivity contribution is -0.125. The molecule has 1 heterocycles. The third kappa shape index (κ3) is 4.34. The zero-order valence-corrected chi connectivity index (χ0v) is 14.2. The first-order valence-corrected chi connectivity index (χ1v) is 9.22. The molecule has 2 amide bonds. The van der Waals surface area contributed by atoms with Gasteiger partial charge in [0.25, 0.3) is 5.91 Å². The van der Waals surface area contributed by atoms with Gasteiger partial charge < -0.3 is 10.6 Å².